The molecule has 1 atom stereocenters. The number of ketones is 2. The van der Waals surface area contributed by atoms with Gasteiger partial charge in [-0.05, 0) is 47.0 Å². The molecule has 118 valence electrons. The van der Waals surface area contributed by atoms with E-state index in [4.69, 9.17) is 4.74 Å². The van der Waals surface area contributed by atoms with Crippen LogP contribution in [-0.2, 0) is 14.3 Å². The molecule has 1 rings (SSSR count). The van der Waals surface area contributed by atoms with Crippen molar-refractivity contribution in [3.63, 3.8) is 0 Å². The van der Waals surface area contributed by atoms with Gasteiger partial charge in [0.25, 0.3) is 0 Å². The summed E-state index contributed by atoms with van der Waals surface area (Å²) in [6.07, 6.45) is 1.87. The first kappa shape index (κ1) is 17.3. The number of rotatable bonds is 2. The number of nitrogens with zero attached hydrogens (tertiary/aromatic N) is 2. The second kappa shape index (κ2) is 6.83. The number of hydrazone groups is 1. The van der Waals surface area contributed by atoms with Crippen molar-refractivity contribution in [2.75, 3.05) is 7.05 Å². The number of carbonyl (C=O) groups is 3. The zero-order valence-corrected chi connectivity index (χ0v) is 13.4. The minimum atomic E-state index is -0.822. The molecule has 1 unspecified atom stereocenters. The highest BCUT2D eigenvalue weighted by Gasteiger charge is 2.31. The van der Waals surface area contributed by atoms with Crippen molar-refractivity contribution in [2.45, 2.75) is 59.0 Å². The summed E-state index contributed by atoms with van der Waals surface area (Å²) in [5.74, 6) is -1.16. The Kier molecular flexibility index (Phi) is 5.63. The maximum atomic E-state index is 12.0. The lowest BCUT2D eigenvalue weighted by atomic mass is 9.93. The van der Waals surface area contributed by atoms with Gasteiger partial charge in [-0.1, -0.05) is 0 Å². The average Bonchev–Trinajstić information content (AvgIpc) is 2.48. The fourth-order valence-electron chi connectivity index (χ4n) is 2.21. The third-order valence-electron chi connectivity index (χ3n) is 3.10. The molecule has 1 aliphatic rings. The van der Waals surface area contributed by atoms with Crippen LogP contribution in [0.25, 0.3) is 0 Å². The Morgan fingerprint density at radius 3 is 2.33 bits per heavy atom. The highest BCUT2D eigenvalue weighted by Crippen LogP contribution is 2.20. The van der Waals surface area contributed by atoms with E-state index >= 15 is 0 Å². The van der Waals surface area contributed by atoms with E-state index in [0.29, 0.717) is 18.6 Å². The smallest absolute Gasteiger partial charge is 0.430 e. The molecule has 1 aliphatic carbocycles. The lowest BCUT2D eigenvalue weighted by molar-refractivity contribution is -0.128. The van der Waals surface area contributed by atoms with Gasteiger partial charge in [-0.2, -0.15) is 5.10 Å². The summed E-state index contributed by atoms with van der Waals surface area (Å²) in [6, 6.07) is 0. The normalized spacial score (nSPS) is 21.9. The number of amides is 1. The van der Waals surface area contributed by atoms with Crippen LogP contribution in [0.4, 0.5) is 4.79 Å². The van der Waals surface area contributed by atoms with Crippen molar-refractivity contribution in [2.24, 2.45) is 11.0 Å². The zero-order chi connectivity index (χ0) is 16.2. The lowest BCUT2D eigenvalue weighted by Gasteiger charge is -2.23. The first-order valence-corrected chi connectivity index (χ1v) is 7.19. The minimum Gasteiger partial charge on any atom is -0.442 e. The number of carbonyl (C=O) groups excluding carboxylic acids is 3. The summed E-state index contributed by atoms with van der Waals surface area (Å²) in [6.45, 7) is 6.68. The highest BCUT2D eigenvalue weighted by atomic mass is 16.6. The van der Waals surface area contributed by atoms with Crippen LogP contribution < -0.4 is 0 Å². The molecule has 0 aliphatic heterocycles. The number of hydrogen-bond acceptors (Lipinski definition) is 5. The quantitative estimate of drug-likeness (QED) is 0.446. The fraction of sp³-hybridized carbons (Fsp3) is 0.733. The van der Waals surface area contributed by atoms with E-state index in [2.05, 4.69) is 5.10 Å². The Balaban J connectivity index is 2.95. The predicted molar refractivity (Wildman–Crippen MR) is 79.1 cm³/mol. The third-order valence-corrected chi connectivity index (χ3v) is 3.10. The van der Waals surface area contributed by atoms with Crippen LogP contribution in [0.3, 0.4) is 0 Å². The largest absolute Gasteiger partial charge is 0.442 e. The summed E-state index contributed by atoms with van der Waals surface area (Å²) in [5.41, 5.74) is -0.163. The average molecular weight is 296 g/mol. The summed E-state index contributed by atoms with van der Waals surface area (Å²) >= 11 is 0. The predicted octanol–water partition coefficient (Wildman–Crippen LogP) is 2.56. The lowest BCUT2D eigenvalue weighted by Crippen LogP contribution is -2.35. The molecule has 6 heteroatoms. The van der Waals surface area contributed by atoms with E-state index in [9.17, 15) is 14.4 Å². The van der Waals surface area contributed by atoms with Crippen LogP contribution in [0.5, 0.6) is 0 Å². The van der Waals surface area contributed by atoms with Crippen LogP contribution in [0.15, 0.2) is 5.10 Å². The Morgan fingerprint density at radius 2 is 1.81 bits per heavy atom. The van der Waals surface area contributed by atoms with Gasteiger partial charge in [0.1, 0.15) is 23.1 Å². The van der Waals surface area contributed by atoms with Crippen molar-refractivity contribution >= 4 is 23.4 Å². The zero-order valence-electron chi connectivity index (χ0n) is 13.4. The Bertz CT molecular complexity index is 463. The summed E-state index contributed by atoms with van der Waals surface area (Å²) in [4.78, 5) is 35.6. The second-order valence-electron chi connectivity index (χ2n) is 6.31. The highest BCUT2D eigenvalue weighted by molar-refractivity contribution is 6.20. The van der Waals surface area contributed by atoms with Gasteiger partial charge >= 0.3 is 6.09 Å². The summed E-state index contributed by atoms with van der Waals surface area (Å²) in [5, 5.41) is 5.23. The third kappa shape index (κ3) is 5.28. The Hall–Kier alpha value is -1.72. The molecule has 0 saturated heterocycles. The standard InChI is InChI=1S/C15H24N2O4/c1-10(18)13-11(8-6-7-9-12(13)19)16-17(5)14(20)21-15(2,3)4/h13H,6-9H2,1-5H3/b16-11-. The molecule has 0 N–H and O–H groups in total. The Morgan fingerprint density at radius 1 is 1.24 bits per heavy atom. The summed E-state index contributed by atoms with van der Waals surface area (Å²) in [7, 11) is 1.47. The van der Waals surface area contributed by atoms with E-state index in [1.165, 1.54) is 14.0 Å². The molecular weight excluding hydrogens is 272 g/mol. The minimum absolute atomic E-state index is 0.115. The molecule has 1 fully saturated rings. The van der Waals surface area contributed by atoms with Gasteiger partial charge in [-0.3, -0.25) is 9.59 Å². The van der Waals surface area contributed by atoms with Crippen molar-refractivity contribution < 1.29 is 19.1 Å². The topological polar surface area (TPSA) is 76.0 Å². The molecule has 0 spiro atoms. The molecule has 0 heterocycles. The molecule has 6 nitrogen and oxygen atoms in total. The van der Waals surface area contributed by atoms with Crippen molar-refractivity contribution in [1.29, 1.82) is 0 Å². The van der Waals surface area contributed by atoms with Gasteiger partial charge in [0.15, 0.2) is 0 Å². The molecule has 0 radical (unpaired) electrons. The SMILES string of the molecule is CC(=O)C1C(=O)CCCC/C1=N/N(C)C(=O)OC(C)(C)C. The number of ether oxygens (including phenoxy) is 1. The summed E-state index contributed by atoms with van der Waals surface area (Å²) < 4.78 is 5.20. The molecule has 0 aromatic heterocycles. The van der Waals surface area contributed by atoms with Gasteiger partial charge in [0.2, 0.25) is 0 Å². The molecular formula is C15H24N2O4. The van der Waals surface area contributed by atoms with E-state index in [-0.39, 0.29) is 11.6 Å². The molecule has 1 amide bonds. The van der Waals surface area contributed by atoms with Gasteiger partial charge in [0.05, 0.1) is 5.71 Å². The molecule has 21 heavy (non-hydrogen) atoms. The van der Waals surface area contributed by atoms with Crippen molar-refractivity contribution in [3.8, 4) is 0 Å². The number of hydrogen-bond donors (Lipinski definition) is 0. The van der Waals surface area contributed by atoms with Crippen LogP contribution in [0, 0.1) is 5.92 Å². The van der Waals surface area contributed by atoms with E-state index < -0.39 is 17.6 Å². The van der Waals surface area contributed by atoms with Crippen LogP contribution in [-0.4, -0.2) is 41.0 Å². The number of Topliss-reactive ketones (excluding diaryl/α,β-unsaturated/α-hetero) is 2. The Labute approximate surface area is 125 Å². The second-order valence-corrected chi connectivity index (χ2v) is 6.31. The van der Waals surface area contributed by atoms with Crippen LogP contribution in [0.1, 0.15) is 53.4 Å². The van der Waals surface area contributed by atoms with Gasteiger partial charge in [0, 0.05) is 13.5 Å². The monoisotopic (exact) mass is 296 g/mol. The molecule has 1 saturated carbocycles. The molecule has 0 aromatic carbocycles. The molecule has 0 bridgehead atoms. The van der Waals surface area contributed by atoms with Crippen molar-refractivity contribution in [1.82, 2.24) is 5.01 Å². The van der Waals surface area contributed by atoms with Gasteiger partial charge in [-0.25, -0.2) is 9.80 Å². The van der Waals surface area contributed by atoms with Crippen LogP contribution >= 0.6 is 0 Å². The maximum Gasteiger partial charge on any atom is 0.430 e. The van der Waals surface area contributed by atoms with Gasteiger partial charge in [-0.15, -0.1) is 0 Å². The van der Waals surface area contributed by atoms with Gasteiger partial charge < -0.3 is 4.74 Å². The first-order chi connectivity index (χ1) is 9.61. The fourth-order valence-corrected chi connectivity index (χ4v) is 2.21. The molecule has 0 aromatic rings. The first-order valence-electron chi connectivity index (χ1n) is 7.19. The van der Waals surface area contributed by atoms with E-state index in [1.807, 2.05) is 0 Å². The maximum absolute atomic E-state index is 12.0. The van der Waals surface area contributed by atoms with E-state index in [1.54, 1.807) is 20.8 Å². The van der Waals surface area contributed by atoms with E-state index in [0.717, 1.165) is 17.9 Å². The van der Waals surface area contributed by atoms with Crippen molar-refractivity contribution in [3.05, 3.63) is 0 Å². The van der Waals surface area contributed by atoms with Crippen LogP contribution in [0.2, 0.25) is 0 Å².